The van der Waals surface area contributed by atoms with Crippen LogP contribution in [0.15, 0.2) is 30.3 Å². The van der Waals surface area contributed by atoms with Gasteiger partial charge >= 0.3 is 0 Å². The van der Waals surface area contributed by atoms with Crippen LogP contribution in [0, 0.1) is 6.92 Å². The molecule has 1 fully saturated rings. The van der Waals surface area contributed by atoms with Crippen LogP contribution >= 0.6 is 11.3 Å². The van der Waals surface area contributed by atoms with Crippen molar-refractivity contribution in [3.63, 3.8) is 0 Å². The molecule has 0 bridgehead atoms. The zero-order valence-electron chi connectivity index (χ0n) is 14.4. The van der Waals surface area contributed by atoms with Crippen LogP contribution in [0.5, 0.6) is 0 Å². The molecule has 1 aliphatic carbocycles. The van der Waals surface area contributed by atoms with Gasteiger partial charge in [0.05, 0.1) is 11.3 Å². The number of thiazole rings is 1. The molecule has 4 nitrogen and oxygen atoms in total. The number of nitrogens with zero attached hydrogens (tertiary/aromatic N) is 1. The molecule has 0 aliphatic heterocycles. The molecular formula is C19H24N2O2S. The number of aryl methyl sites for hydroxylation is 1. The van der Waals surface area contributed by atoms with Crippen LogP contribution in [0.1, 0.15) is 59.0 Å². The van der Waals surface area contributed by atoms with E-state index in [4.69, 9.17) is 0 Å². The van der Waals surface area contributed by atoms with Crippen LogP contribution < -0.4 is 5.32 Å². The van der Waals surface area contributed by atoms with Gasteiger partial charge in [-0.05, 0) is 45.6 Å². The summed E-state index contributed by atoms with van der Waals surface area (Å²) in [6.07, 6.45) is 2.56. The molecule has 1 heterocycles. The van der Waals surface area contributed by atoms with Crippen molar-refractivity contribution in [3.8, 4) is 0 Å². The predicted octanol–water partition coefficient (Wildman–Crippen LogP) is 3.42. The fraction of sp³-hybridized carbons (Fsp3) is 0.474. The van der Waals surface area contributed by atoms with E-state index in [1.165, 1.54) is 16.9 Å². The van der Waals surface area contributed by atoms with E-state index in [0.717, 1.165) is 30.0 Å². The number of carbonyl (C=O) groups is 1. The van der Waals surface area contributed by atoms with Crippen LogP contribution in [0.3, 0.4) is 0 Å². The van der Waals surface area contributed by atoms with Gasteiger partial charge in [-0.15, -0.1) is 11.3 Å². The summed E-state index contributed by atoms with van der Waals surface area (Å²) in [6.45, 7) is 6.44. The molecule has 2 aromatic rings. The number of carbonyl (C=O) groups excluding carboxylic acids is 1. The zero-order chi connectivity index (χ0) is 17.4. The second kappa shape index (κ2) is 6.30. The third-order valence-electron chi connectivity index (χ3n) is 4.90. The Bertz CT molecular complexity index is 733. The summed E-state index contributed by atoms with van der Waals surface area (Å²) >= 11 is 1.44. The first-order valence-electron chi connectivity index (χ1n) is 8.36. The van der Waals surface area contributed by atoms with E-state index in [1.807, 2.05) is 25.1 Å². The van der Waals surface area contributed by atoms with E-state index in [2.05, 4.69) is 36.3 Å². The molecule has 1 amide bonds. The van der Waals surface area contributed by atoms with Gasteiger partial charge < -0.3 is 10.4 Å². The topological polar surface area (TPSA) is 62.2 Å². The van der Waals surface area contributed by atoms with E-state index < -0.39 is 5.60 Å². The number of aliphatic hydroxyl groups is 1. The number of rotatable bonds is 5. The molecule has 5 heteroatoms. The molecule has 0 unspecified atom stereocenters. The van der Waals surface area contributed by atoms with Crippen LogP contribution in [0.2, 0.25) is 0 Å². The molecule has 1 aromatic heterocycles. The van der Waals surface area contributed by atoms with Gasteiger partial charge in [-0.2, -0.15) is 0 Å². The number of hydrogen-bond acceptors (Lipinski definition) is 4. The summed E-state index contributed by atoms with van der Waals surface area (Å²) in [6, 6.07) is 10.2. The average molecular weight is 344 g/mol. The van der Waals surface area contributed by atoms with Crippen LogP contribution in [0.4, 0.5) is 0 Å². The van der Waals surface area contributed by atoms with Crippen LogP contribution in [0.25, 0.3) is 0 Å². The Hall–Kier alpha value is -1.72. The van der Waals surface area contributed by atoms with E-state index in [1.54, 1.807) is 0 Å². The van der Waals surface area contributed by atoms with Crippen molar-refractivity contribution in [2.24, 2.45) is 0 Å². The van der Waals surface area contributed by atoms with Crippen molar-refractivity contribution in [2.45, 2.75) is 51.0 Å². The second-order valence-corrected chi connectivity index (χ2v) is 8.18. The van der Waals surface area contributed by atoms with Gasteiger partial charge in [-0.3, -0.25) is 4.79 Å². The summed E-state index contributed by atoms with van der Waals surface area (Å²) in [4.78, 5) is 17.8. The lowest BCUT2D eigenvalue weighted by Gasteiger charge is -2.36. The fourth-order valence-corrected chi connectivity index (χ4v) is 4.05. The molecule has 3 rings (SSSR count). The first kappa shape index (κ1) is 17.1. The third-order valence-corrected chi connectivity index (χ3v) is 6.38. The highest BCUT2D eigenvalue weighted by Gasteiger charge is 2.35. The number of amides is 1. The highest BCUT2D eigenvalue weighted by Crippen LogP contribution is 2.35. The molecule has 1 aromatic carbocycles. The second-order valence-electron chi connectivity index (χ2n) is 7.19. The monoisotopic (exact) mass is 344 g/mol. The van der Waals surface area contributed by atoms with Crippen molar-refractivity contribution in [2.75, 3.05) is 6.54 Å². The van der Waals surface area contributed by atoms with Crippen molar-refractivity contribution in [1.29, 1.82) is 0 Å². The van der Waals surface area contributed by atoms with Crippen molar-refractivity contribution in [3.05, 3.63) is 51.5 Å². The van der Waals surface area contributed by atoms with Gasteiger partial charge in [0.2, 0.25) is 0 Å². The largest absolute Gasteiger partial charge is 0.388 e. The first-order chi connectivity index (χ1) is 11.3. The molecule has 1 saturated carbocycles. The van der Waals surface area contributed by atoms with Gasteiger partial charge in [0, 0.05) is 12.0 Å². The van der Waals surface area contributed by atoms with Crippen LogP contribution in [-0.2, 0) is 5.41 Å². The van der Waals surface area contributed by atoms with E-state index in [9.17, 15) is 9.90 Å². The van der Waals surface area contributed by atoms with Crippen molar-refractivity contribution in [1.82, 2.24) is 10.3 Å². The summed E-state index contributed by atoms with van der Waals surface area (Å²) in [5.74, 6) is -0.138. The Kier molecular flexibility index (Phi) is 4.49. The molecule has 1 aliphatic rings. The lowest BCUT2D eigenvalue weighted by Crippen LogP contribution is -2.47. The molecule has 0 radical (unpaired) electrons. The number of nitrogens with one attached hydrogen (secondary N) is 1. The lowest BCUT2D eigenvalue weighted by molar-refractivity contribution is -0.0300. The summed E-state index contributed by atoms with van der Waals surface area (Å²) < 4.78 is 0. The molecular weight excluding hydrogens is 320 g/mol. The number of aromatic nitrogens is 1. The fourth-order valence-electron chi connectivity index (χ4n) is 2.94. The smallest absolute Gasteiger partial charge is 0.263 e. The van der Waals surface area contributed by atoms with Crippen molar-refractivity contribution >= 4 is 17.2 Å². The number of hydrogen-bond donors (Lipinski definition) is 2. The van der Waals surface area contributed by atoms with Crippen molar-refractivity contribution < 1.29 is 9.90 Å². The average Bonchev–Trinajstić information content (AvgIpc) is 2.94. The first-order valence-corrected chi connectivity index (χ1v) is 9.17. The lowest BCUT2D eigenvalue weighted by atomic mass is 9.80. The molecule has 0 spiro atoms. The Labute approximate surface area is 146 Å². The molecule has 24 heavy (non-hydrogen) atoms. The van der Waals surface area contributed by atoms with Gasteiger partial charge in [0.25, 0.3) is 5.91 Å². The highest BCUT2D eigenvalue weighted by atomic mass is 32.1. The minimum Gasteiger partial charge on any atom is -0.388 e. The standard InChI is InChI=1S/C19H24N2O2S/c1-13-15(16(22)20-12-19(23)10-7-11-19)24-17(21-13)18(2,3)14-8-5-4-6-9-14/h4-6,8-9,23H,7,10-12H2,1-3H3,(H,20,22). The molecule has 0 atom stereocenters. The molecule has 0 saturated heterocycles. The van der Waals surface area contributed by atoms with Gasteiger partial charge in [0.15, 0.2) is 0 Å². The Morgan fingerprint density at radius 2 is 2.00 bits per heavy atom. The van der Waals surface area contributed by atoms with Gasteiger partial charge in [0.1, 0.15) is 9.88 Å². The Morgan fingerprint density at radius 1 is 1.33 bits per heavy atom. The predicted molar refractivity (Wildman–Crippen MR) is 96.6 cm³/mol. The quantitative estimate of drug-likeness (QED) is 0.873. The Balaban J connectivity index is 1.78. The SMILES string of the molecule is Cc1nc(C(C)(C)c2ccccc2)sc1C(=O)NCC1(O)CCC1. The summed E-state index contributed by atoms with van der Waals surface area (Å²) in [5, 5.41) is 13.9. The van der Waals surface area contributed by atoms with Gasteiger partial charge in [-0.25, -0.2) is 4.98 Å². The maximum atomic E-state index is 12.5. The highest BCUT2D eigenvalue weighted by molar-refractivity contribution is 7.14. The summed E-state index contributed by atoms with van der Waals surface area (Å²) in [7, 11) is 0. The maximum absolute atomic E-state index is 12.5. The summed E-state index contributed by atoms with van der Waals surface area (Å²) in [5.41, 5.74) is 0.966. The van der Waals surface area contributed by atoms with E-state index >= 15 is 0 Å². The zero-order valence-corrected chi connectivity index (χ0v) is 15.2. The van der Waals surface area contributed by atoms with Gasteiger partial charge in [-0.1, -0.05) is 30.3 Å². The molecule has 2 N–H and O–H groups in total. The maximum Gasteiger partial charge on any atom is 0.263 e. The molecule has 128 valence electrons. The number of benzene rings is 1. The Morgan fingerprint density at radius 3 is 2.58 bits per heavy atom. The third kappa shape index (κ3) is 3.23. The van der Waals surface area contributed by atoms with Crippen LogP contribution in [-0.4, -0.2) is 28.1 Å². The normalized spacial score (nSPS) is 16.5. The minimum absolute atomic E-state index is 0.138. The minimum atomic E-state index is -0.708. The van der Waals surface area contributed by atoms with E-state index in [-0.39, 0.29) is 11.3 Å². The van der Waals surface area contributed by atoms with E-state index in [0.29, 0.717) is 11.4 Å².